The molecule has 1 aliphatic heterocycles. The molecule has 0 bridgehead atoms. The van der Waals surface area contributed by atoms with Crippen LogP contribution in [-0.4, -0.2) is 50.0 Å². The summed E-state index contributed by atoms with van der Waals surface area (Å²) in [6, 6.07) is 9.44. The monoisotopic (exact) mass is 461 g/mol. The molecular weight excluding hydrogens is 434 g/mol. The molecule has 4 rings (SSSR count). The SMILES string of the molecule is COc1cc(C2/C(=C(\O)c3cc(C)ccc3C)C(=O)C(=O)N2CCCn2ccnc2)ccc1O. The van der Waals surface area contributed by atoms with Crippen molar-refractivity contribution in [3.05, 3.63) is 82.9 Å². The third-order valence-electron chi connectivity index (χ3n) is 6.08. The van der Waals surface area contributed by atoms with Crippen molar-refractivity contribution in [2.75, 3.05) is 13.7 Å². The van der Waals surface area contributed by atoms with Gasteiger partial charge in [0.2, 0.25) is 0 Å². The molecule has 0 radical (unpaired) electrons. The predicted molar refractivity (Wildman–Crippen MR) is 126 cm³/mol. The molecule has 1 saturated heterocycles. The lowest BCUT2D eigenvalue weighted by Crippen LogP contribution is -2.31. The Morgan fingerprint density at radius 1 is 1.12 bits per heavy atom. The zero-order chi connectivity index (χ0) is 24.4. The van der Waals surface area contributed by atoms with E-state index < -0.39 is 17.7 Å². The van der Waals surface area contributed by atoms with Gasteiger partial charge in [0.15, 0.2) is 11.5 Å². The van der Waals surface area contributed by atoms with E-state index in [1.165, 1.54) is 18.1 Å². The van der Waals surface area contributed by atoms with E-state index in [2.05, 4.69) is 4.98 Å². The van der Waals surface area contributed by atoms with E-state index in [4.69, 9.17) is 4.74 Å². The standard InChI is InChI=1S/C26H27N3O5/c1-16-5-6-17(2)19(13-16)24(31)22-23(18-7-8-20(30)21(14-18)34-3)29(26(33)25(22)32)11-4-10-28-12-9-27-15-28/h5-9,12-15,23,30-31H,4,10-11H2,1-3H3/b24-22+. The lowest BCUT2D eigenvalue weighted by molar-refractivity contribution is -0.139. The van der Waals surface area contributed by atoms with E-state index in [0.717, 1.165) is 11.1 Å². The number of aliphatic hydroxyl groups excluding tert-OH is 1. The summed E-state index contributed by atoms with van der Waals surface area (Å²) in [5.74, 6) is -1.47. The number of aromatic nitrogens is 2. The summed E-state index contributed by atoms with van der Waals surface area (Å²) in [7, 11) is 1.43. The molecule has 1 fully saturated rings. The van der Waals surface area contributed by atoms with Gasteiger partial charge >= 0.3 is 0 Å². The first-order chi connectivity index (χ1) is 16.3. The highest BCUT2D eigenvalue weighted by Gasteiger charge is 2.46. The van der Waals surface area contributed by atoms with Crippen LogP contribution in [0.4, 0.5) is 0 Å². The summed E-state index contributed by atoms with van der Waals surface area (Å²) in [5.41, 5.74) is 2.80. The van der Waals surface area contributed by atoms with Crippen molar-refractivity contribution in [3.63, 3.8) is 0 Å². The molecular formula is C26H27N3O5. The summed E-state index contributed by atoms with van der Waals surface area (Å²) >= 11 is 0. The Bertz CT molecular complexity index is 1260. The van der Waals surface area contributed by atoms with Gasteiger partial charge in [0.25, 0.3) is 11.7 Å². The fourth-order valence-corrected chi connectivity index (χ4v) is 4.30. The third kappa shape index (κ3) is 4.26. The van der Waals surface area contributed by atoms with Gasteiger partial charge in [-0.1, -0.05) is 23.8 Å². The Morgan fingerprint density at radius 2 is 1.91 bits per heavy atom. The Balaban J connectivity index is 1.81. The van der Waals surface area contributed by atoms with Crippen molar-refractivity contribution in [1.29, 1.82) is 0 Å². The maximum absolute atomic E-state index is 13.2. The normalized spacial score (nSPS) is 17.4. The van der Waals surface area contributed by atoms with Gasteiger partial charge in [-0.15, -0.1) is 0 Å². The Hall–Kier alpha value is -4.07. The number of carbonyl (C=O) groups excluding carboxylic acids is 2. The number of rotatable bonds is 7. The lowest BCUT2D eigenvalue weighted by Gasteiger charge is -2.26. The molecule has 34 heavy (non-hydrogen) atoms. The van der Waals surface area contributed by atoms with Crippen LogP contribution in [0, 0.1) is 13.8 Å². The molecule has 1 amide bonds. The van der Waals surface area contributed by atoms with E-state index in [0.29, 0.717) is 30.6 Å². The van der Waals surface area contributed by atoms with Crippen LogP contribution < -0.4 is 4.74 Å². The summed E-state index contributed by atoms with van der Waals surface area (Å²) in [6.07, 6.45) is 5.78. The number of aryl methyl sites for hydroxylation is 3. The van der Waals surface area contributed by atoms with Crippen LogP contribution in [0.3, 0.4) is 0 Å². The average molecular weight is 462 g/mol. The number of phenols is 1. The molecule has 1 unspecified atom stereocenters. The topological polar surface area (TPSA) is 105 Å². The smallest absolute Gasteiger partial charge is 0.295 e. The quantitative estimate of drug-likeness (QED) is 0.316. The van der Waals surface area contributed by atoms with Crippen molar-refractivity contribution in [2.24, 2.45) is 0 Å². The van der Waals surface area contributed by atoms with Crippen LogP contribution in [0.5, 0.6) is 11.5 Å². The minimum atomic E-state index is -0.822. The first-order valence-electron chi connectivity index (χ1n) is 11.0. The van der Waals surface area contributed by atoms with E-state index in [-0.39, 0.29) is 22.8 Å². The Morgan fingerprint density at radius 3 is 2.62 bits per heavy atom. The molecule has 8 heteroatoms. The first kappa shape index (κ1) is 23.1. The number of aliphatic hydroxyl groups is 1. The molecule has 2 heterocycles. The molecule has 0 spiro atoms. The highest BCUT2D eigenvalue weighted by atomic mass is 16.5. The highest BCUT2D eigenvalue weighted by Crippen LogP contribution is 2.42. The number of ketones is 1. The summed E-state index contributed by atoms with van der Waals surface area (Å²) in [6.45, 7) is 4.65. The van der Waals surface area contributed by atoms with Crippen LogP contribution in [0.25, 0.3) is 5.76 Å². The number of nitrogens with zero attached hydrogens (tertiary/aromatic N) is 3. The zero-order valence-corrected chi connectivity index (χ0v) is 19.4. The van der Waals surface area contributed by atoms with Gasteiger partial charge < -0.3 is 24.4 Å². The lowest BCUT2D eigenvalue weighted by atomic mass is 9.93. The number of amides is 1. The maximum Gasteiger partial charge on any atom is 0.295 e. The van der Waals surface area contributed by atoms with E-state index in [9.17, 15) is 19.8 Å². The molecule has 1 aliphatic rings. The van der Waals surface area contributed by atoms with Crippen LogP contribution >= 0.6 is 0 Å². The molecule has 1 aromatic heterocycles. The molecule has 0 saturated carbocycles. The molecule has 2 N–H and O–H groups in total. The number of benzene rings is 2. The van der Waals surface area contributed by atoms with E-state index >= 15 is 0 Å². The molecule has 2 aromatic carbocycles. The minimum absolute atomic E-state index is 0.0223. The van der Waals surface area contributed by atoms with Crippen LogP contribution in [0.2, 0.25) is 0 Å². The van der Waals surface area contributed by atoms with Crippen LogP contribution in [0.1, 0.15) is 34.7 Å². The number of hydrogen-bond acceptors (Lipinski definition) is 6. The number of Topliss-reactive ketones (excluding diaryl/α,β-unsaturated/α-hetero) is 1. The van der Waals surface area contributed by atoms with Gasteiger partial charge in [-0.05, 0) is 49.6 Å². The first-order valence-corrected chi connectivity index (χ1v) is 11.0. The highest BCUT2D eigenvalue weighted by molar-refractivity contribution is 6.46. The van der Waals surface area contributed by atoms with E-state index in [1.54, 1.807) is 30.7 Å². The summed E-state index contributed by atoms with van der Waals surface area (Å²) in [4.78, 5) is 31.8. The largest absolute Gasteiger partial charge is 0.507 e. The molecule has 3 aromatic rings. The summed E-state index contributed by atoms with van der Waals surface area (Å²) in [5, 5.41) is 21.4. The Labute approximate surface area is 197 Å². The number of phenolic OH excluding ortho intramolecular Hbond substituents is 1. The van der Waals surface area contributed by atoms with Crippen molar-refractivity contribution >= 4 is 17.4 Å². The average Bonchev–Trinajstić information content (AvgIpc) is 3.43. The molecule has 176 valence electrons. The zero-order valence-electron chi connectivity index (χ0n) is 19.4. The number of imidazole rings is 1. The number of hydrogen-bond donors (Lipinski definition) is 2. The van der Waals surface area contributed by atoms with Gasteiger partial charge in [-0.3, -0.25) is 9.59 Å². The number of methoxy groups -OCH3 is 1. The van der Waals surface area contributed by atoms with Gasteiger partial charge in [0, 0.05) is 31.0 Å². The van der Waals surface area contributed by atoms with Crippen molar-refractivity contribution in [1.82, 2.24) is 14.5 Å². The molecule has 8 nitrogen and oxygen atoms in total. The number of carbonyl (C=O) groups is 2. The second-order valence-electron chi connectivity index (χ2n) is 8.40. The van der Waals surface area contributed by atoms with Crippen molar-refractivity contribution in [3.8, 4) is 11.5 Å². The van der Waals surface area contributed by atoms with Gasteiger partial charge in [0.05, 0.1) is 25.1 Å². The van der Waals surface area contributed by atoms with Crippen LogP contribution in [-0.2, 0) is 16.1 Å². The van der Waals surface area contributed by atoms with Crippen molar-refractivity contribution in [2.45, 2.75) is 32.9 Å². The number of ether oxygens (including phenoxy) is 1. The predicted octanol–water partition coefficient (Wildman–Crippen LogP) is 3.73. The minimum Gasteiger partial charge on any atom is -0.507 e. The molecule has 0 aliphatic carbocycles. The van der Waals surface area contributed by atoms with Crippen LogP contribution in [0.15, 0.2) is 60.7 Å². The third-order valence-corrected chi connectivity index (χ3v) is 6.08. The van der Waals surface area contributed by atoms with E-state index in [1.807, 2.05) is 36.7 Å². The summed E-state index contributed by atoms with van der Waals surface area (Å²) < 4.78 is 7.15. The van der Waals surface area contributed by atoms with Gasteiger partial charge in [-0.2, -0.15) is 0 Å². The second-order valence-corrected chi connectivity index (χ2v) is 8.40. The van der Waals surface area contributed by atoms with Gasteiger partial charge in [0.1, 0.15) is 5.76 Å². The molecule has 1 atom stereocenters. The fraction of sp³-hybridized carbons (Fsp3) is 0.269. The van der Waals surface area contributed by atoms with Crippen molar-refractivity contribution < 1.29 is 24.5 Å². The maximum atomic E-state index is 13.2. The fourth-order valence-electron chi connectivity index (χ4n) is 4.30. The second kappa shape index (κ2) is 9.43. The Kier molecular flexibility index (Phi) is 6.40. The van der Waals surface area contributed by atoms with Gasteiger partial charge in [-0.25, -0.2) is 4.98 Å². The number of aromatic hydroxyl groups is 1. The number of likely N-dealkylation sites (tertiary alicyclic amines) is 1.